The van der Waals surface area contributed by atoms with E-state index in [1.807, 2.05) is 36.2 Å². The van der Waals surface area contributed by atoms with Crippen molar-refractivity contribution in [3.63, 3.8) is 0 Å². The molecule has 2 amide bonds. The third kappa shape index (κ3) is 5.08. The Balaban J connectivity index is 1.93. The first-order chi connectivity index (χ1) is 11.5. The van der Waals surface area contributed by atoms with Gasteiger partial charge in [0, 0.05) is 29.9 Å². The van der Waals surface area contributed by atoms with Gasteiger partial charge in [0.05, 0.1) is 6.54 Å². The highest BCUT2D eigenvalue weighted by Crippen LogP contribution is 2.16. The van der Waals surface area contributed by atoms with Gasteiger partial charge in [0.2, 0.25) is 5.91 Å². The molecule has 0 saturated heterocycles. The zero-order valence-corrected chi connectivity index (χ0v) is 14.4. The smallest absolute Gasteiger partial charge is 0.251 e. The van der Waals surface area contributed by atoms with E-state index in [1.54, 1.807) is 31.3 Å². The second-order valence-electron chi connectivity index (χ2n) is 5.47. The highest BCUT2D eigenvalue weighted by atomic mass is 35.5. The molecule has 0 fully saturated rings. The highest BCUT2D eigenvalue weighted by molar-refractivity contribution is 6.31. The summed E-state index contributed by atoms with van der Waals surface area (Å²) >= 11 is 6.13. The van der Waals surface area contributed by atoms with Gasteiger partial charge in [0.15, 0.2) is 0 Å². The molecular formula is C18H20ClN3O2. The number of halogens is 1. The van der Waals surface area contributed by atoms with Crippen molar-refractivity contribution in [2.45, 2.75) is 6.54 Å². The van der Waals surface area contributed by atoms with Crippen LogP contribution in [0.4, 0.5) is 5.69 Å². The lowest BCUT2D eigenvalue weighted by molar-refractivity contribution is -0.117. The Kier molecular flexibility index (Phi) is 6.35. The first-order valence-corrected chi connectivity index (χ1v) is 7.91. The van der Waals surface area contributed by atoms with E-state index in [9.17, 15) is 9.59 Å². The number of carbonyl (C=O) groups excluding carboxylic acids is 2. The lowest BCUT2D eigenvalue weighted by Crippen LogP contribution is -2.30. The molecule has 0 atom stereocenters. The number of hydrogen-bond donors (Lipinski definition) is 2. The molecule has 0 heterocycles. The summed E-state index contributed by atoms with van der Waals surface area (Å²) in [6.45, 7) is 0.792. The Labute approximate surface area is 146 Å². The molecule has 126 valence electrons. The number of nitrogens with one attached hydrogen (secondary N) is 2. The molecule has 2 N–H and O–H groups in total. The van der Waals surface area contributed by atoms with Crippen LogP contribution in [0.15, 0.2) is 48.5 Å². The summed E-state index contributed by atoms with van der Waals surface area (Å²) in [6, 6.07) is 14.4. The predicted octanol–water partition coefficient (Wildman–Crippen LogP) is 2.77. The summed E-state index contributed by atoms with van der Waals surface area (Å²) in [4.78, 5) is 25.7. The van der Waals surface area contributed by atoms with Crippen LogP contribution in [0, 0.1) is 0 Å². The van der Waals surface area contributed by atoms with Gasteiger partial charge in [-0.05, 0) is 36.9 Å². The van der Waals surface area contributed by atoms with Crippen LogP contribution in [-0.4, -0.2) is 37.4 Å². The number of anilines is 1. The third-order valence-corrected chi connectivity index (χ3v) is 3.82. The topological polar surface area (TPSA) is 61.4 Å². The minimum Gasteiger partial charge on any atom is -0.355 e. The van der Waals surface area contributed by atoms with Crippen LogP contribution in [0.5, 0.6) is 0 Å². The molecule has 2 aromatic rings. The number of nitrogens with zero attached hydrogens (tertiary/aromatic N) is 1. The van der Waals surface area contributed by atoms with Gasteiger partial charge in [0.1, 0.15) is 0 Å². The van der Waals surface area contributed by atoms with Crippen LogP contribution in [0.2, 0.25) is 5.02 Å². The number of benzene rings is 2. The molecule has 0 saturated carbocycles. The van der Waals surface area contributed by atoms with Crippen LogP contribution in [0.25, 0.3) is 0 Å². The standard InChI is InChI=1S/C18H20ClN3O2/c1-20-18(24)13-7-5-8-15(10-13)21-17(23)12-22(2)11-14-6-3-4-9-16(14)19/h3-10H,11-12H2,1-2H3,(H,20,24)(H,21,23). The monoisotopic (exact) mass is 345 g/mol. The fraction of sp³-hybridized carbons (Fsp3) is 0.222. The Hall–Kier alpha value is -2.37. The average Bonchev–Trinajstić information content (AvgIpc) is 2.56. The van der Waals surface area contributed by atoms with E-state index in [1.165, 1.54) is 0 Å². The van der Waals surface area contributed by atoms with E-state index >= 15 is 0 Å². The van der Waals surface area contributed by atoms with Gasteiger partial charge < -0.3 is 10.6 Å². The van der Waals surface area contributed by atoms with Crippen molar-refractivity contribution >= 4 is 29.1 Å². The van der Waals surface area contributed by atoms with Crippen LogP contribution in [0.3, 0.4) is 0 Å². The van der Waals surface area contributed by atoms with E-state index in [0.29, 0.717) is 22.8 Å². The summed E-state index contributed by atoms with van der Waals surface area (Å²) in [5.41, 5.74) is 2.06. The van der Waals surface area contributed by atoms with Crippen LogP contribution >= 0.6 is 11.6 Å². The zero-order chi connectivity index (χ0) is 17.5. The fourth-order valence-corrected chi connectivity index (χ4v) is 2.50. The lowest BCUT2D eigenvalue weighted by atomic mass is 10.2. The Morgan fingerprint density at radius 1 is 1.12 bits per heavy atom. The molecular weight excluding hydrogens is 326 g/mol. The van der Waals surface area contributed by atoms with Gasteiger partial charge in [-0.2, -0.15) is 0 Å². The molecule has 0 radical (unpaired) electrons. The number of amides is 2. The number of carbonyl (C=O) groups is 2. The first-order valence-electron chi connectivity index (χ1n) is 7.53. The molecule has 6 heteroatoms. The molecule has 0 unspecified atom stereocenters. The fourth-order valence-electron chi connectivity index (χ4n) is 2.30. The number of likely N-dealkylation sites (N-methyl/N-ethyl adjacent to an activating group) is 1. The summed E-state index contributed by atoms with van der Waals surface area (Å²) in [6.07, 6.45) is 0. The van der Waals surface area contributed by atoms with E-state index in [2.05, 4.69) is 10.6 Å². The average molecular weight is 346 g/mol. The highest BCUT2D eigenvalue weighted by Gasteiger charge is 2.10. The van der Waals surface area contributed by atoms with Crippen molar-refractivity contribution in [3.05, 3.63) is 64.7 Å². The molecule has 0 bridgehead atoms. The molecule has 2 aromatic carbocycles. The minimum atomic E-state index is -0.193. The quantitative estimate of drug-likeness (QED) is 0.846. The number of rotatable bonds is 6. The third-order valence-electron chi connectivity index (χ3n) is 3.45. The van der Waals surface area contributed by atoms with Gasteiger partial charge >= 0.3 is 0 Å². The SMILES string of the molecule is CNC(=O)c1cccc(NC(=O)CN(C)Cc2ccccc2Cl)c1. The van der Waals surface area contributed by atoms with Crippen molar-refractivity contribution in [1.82, 2.24) is 10.2 Å². The molecule has 24 heavy (non-hydrogen) atoms. The maximum atomic E-state index is 12.2. The van der Waals surface area contributed by atoms with Crippen molar-refractivity contribution in [2.75, 3.05) is 26.0 Å². The Bertz CT molecular complexity index is 734. The van der Waals surface area contributed by atoms with E-state index < -0.39 is 0 Å². The largest absolute Gasteiger partial charge is 0.355 e. The molecule has 0 aromatic heterocycles. The van der Waals surface area contributed by atoms with Gasteiger partial charge in [-0.25, -0.2) is 0 Å². The Morgan fingerprint density at radius 3 is 2.58 bits per heavy atom. The van der Waals surface area contributed by atoms with Gasteiger partial charge in [-0.3, -0.25) is 14.5 Å². The van der Waals surface area contributed by atoms with Crippen LogP contribution < -0.4 is 10.6 Å². The molecule has 0 aliphatic heterocycles. The predicted molar refractivity (Wildman–Crippen MR) is 96.2 cm³/mol. The lowest BCUT2D eigenvalue weighted by Gasteiger charge is -2.17. The minimum absolute atomic E-state index is 0.154. The summed E-state index contributed by atoms with van der Waals surface area (Å²) < 4.78 is 0. The van der Waals surface area contributed by atoms with Crippen molar-refractivity contribution < 1.29 is 9.59 Å². The number of hydrogen-bond acceptors (Lipinski definition) is 3. The van der Waals surface area contributed by atoms with Crippen LogP contribution in [0.1, 0.15) is 15.9 Å². The van der Waals surface area contributed by atoms with Crippen molar-refractivity contribution in [3.8, 4) is 0 Å². The second-order valence-corrected chi connectivity index (χ2v) is 5.88. The van der Waals surface area contributed by atoms with Crippen molar-refractivity contribution in [1.29, 1.82) is 0 Å². The van der Waals surface area contributed by atoms with E-state index in [-0.39, 0.29) is 18.4 Å². The second kappa shape index (κ2) is 8.47. The molecule has 2 rings (SSSR count). The Morgan fingerprint density at radius 2 is 1.88 bits per heavy atom. The molecule has 0 aliphatic rings. The summed E-state index contributed by atoms with van der Waals surface area (Å²) in [5, 5.41) is 6.04. The zero-order valence-electron chi connectivity index (χ0n) is 13.7. The molecule has 0 spiro atoms. The van der Waals surface area contributed by atoms with Crippen LogP contribution in [-0.2, 0) is 11.3 Å². The van der Waals surface area contributed by atoms with Gasteiger partial charge in [-0.15, -0.1) is 0 Å². The summed E-state index contributed by atoms with van der Waals surface area (Å²) in [7, 11) is 3.42. The van der Waals surface area contributed by atoms with Gasteiger partial charge in [-0.1, -0.05) is 35.9 Å². The maximum Gasteiger partial charge on any atom is 0.251 e. The van der Waals surface area contributed by atoms with E-state index in [4.69, 9.17) is 11.6 Å². The first kappa shape index (κ1) is 18.0. The normalized spacial score (nSPS) is 10.5. The van der Waals surface area contributed by atoms with Crippen molar-refractivity contribution in [2.24, 2.45) is 0 Å². The maximum absolute atomic E-state index is 12.2. The van der Waals surface area contributed by atoms with Gasteiger partial charge in [0.25, 0.3) is 5.91 Å². The molecule has 0 aliphatic carbocycles. The molecule has 5 nitrogen and oxygen atoms in total. The van der Waals surface area contributed by atoms with E-state index in [0.717, 1.165) is 5.56 Å². The summed E-state index contributed by atoms with van der Waals surface area (Å²) in [5.74, 6) is -0.347.